The van der Waals surface area contributed by atoms with Crippen LogP contribution < -0.4 is 20.7 Å². The zero-order chi connectivity index (χ0) is 19.8. The van der Waals surface area contributed by atoms with Crippen molar-refractivity contribution in [2.24, 2.45) is 0 Å². The minimum atomic E-state index is -4.63. The highest BCUT2D eigenvalue weighted by Crippen LogP contribution is 2.35. The van der Waals surface area contributed by atoms with E-state index >= 15 is 0 Å². The molecule has 0 fully saturated rings. The summed E-state index contributed by atoms with van der Waals surface area (Å²) in [6, 6.07) is 7.55. The number of hydrogen-bond acceptors (Lipinski definition) is 5. The minimum Gasteiger partial charge on any atom is -0.477 e. The third-order valence-corrected chi connectivity index (χ3v) is 3.84. The number of ether oxygens (including phenoxy) is 1. The Kier molecular flexibility index (Phi) is 4.64. The number of fused-ring (bicyclic) bond motifs is 1. The Bertz CT molecular complexity index is 901. The summed E-state index contributed by atoms with van der Waals surface area (Å²) in [7, 11) is 0. The number of amides is 2. The summed E-state index contributed by atoms with van der Waals surface area (Å²) in [5.41, 5.74) is 4.23. The number of benzene rings is 1. The van der Waals surface area contributed by atoms with Gasteiger partial charge in [0.2, 0.25) is 5.91 Å². The van der Waals surface area contributed by atoms with Gasteiger partial charge in [-0.1, -0.05) is 12.1 Å². The number of nitrogens with one attached hydrogen (secondary N) is 1. The molecule has 1 atom stereocenters. The zero-order valence-electron chi connectivity index (χ0n) is 14.1. The van der Waals surface area contributed by atoms with Crippen molar-refractivity contribution in [2.75, 3.05) is 22.5 Å². The van der Waals surface area contributed by atoms with Crippen molar-refractivity contribution in [3.8, 4) is 5.75 Å². The van der Waals surface area contributed by atoms with E-state index in [0.717, 1.165) is 17.0 Å². The van der Waals surface area contributed by atoms with Crippen LogP contribution in [-0.2, 0) is 15.8 Å². The Morgan fingerprint density at radius 3 is 2.70 bits per heavy atom. The summed E-state index contributed by atoms with van der Waals surface area (Å²) < 4.78 is 44.6. The standard InChI is InChI=1S/C17H15F3N4O3/c1-9-16(26)24(15-12(27-9)6-7-13(21)23-15)8-14(25)22-11-5-3-2-4-10(11)17(18,19)20/h2-7,9H,8H2,1H3,(H2,21,23)(H,22,25). The number of nitrogens with zero attached hydrogens (tertiary/aromatic N) is 2. The summed E-state index contributed by atoms with van der Waals surface area (Å²) in [5, 5.41) is 2.19. The molecule has 0 aliphatic carbocycles. The number of aromatic nitrogens is 1. The molecule has 1 aliphatic heterocycles. The highest BCUT2D eigenvalue weighted by atomic mass is 19.4. The Hall–Kier alpha value is -3.30. The summed E-state index contributed by atoms with van der Waals surface area (Å²) in [6.45, 7) is 0.952. The fraction of sp³-hybridized carbons (Fsp3) is 0.235. The van der Waals surface area contributed by atoms with Gasteiger partial charge in [0.25, 0.3) is 5.91 Å². The second-order valence-electron chi connectivity index (χ2n) is 5.83. The maximum Gasteiger partial charge on any atom is 0.418 e. The monoisotopic (exact) mass is 380 g/mol. The van der Waals surface area contributed by atoms with Gasteiger partial charge in [-0.3, -0.25) is 14.5 Å². The highest BCUT2D eigenvalue weighted by molar-refractivity contribution is 6.05. The van der Waals surface area contributed by atoms with Gasteiger partial charge in [0.05, 0.1) is 11.3 Å². The van der Waals surface area contributed by atoms with Gasteiger partial charge >= 0.3 is 6.18 Å². The lowest BCUT2D eigenvalue weighted by Crippen LogP contribution is -2.48. The quantitative estimate of drug-likeness (QED) is 0.852. The first kappa shape index (κ1) is 18.5. The van der Waals surface area contributed by atoms with Gasteiger partial charge < -0.3 is 15.8 Å². The Morgan fingerprint density at radius 1 is 1.30 bits per heavy atom. The molecule has 3 rings (SSSR count). The van der Waals surface area contributed by atoms with Crippen LogP contribution in [0, 0.1) is 0 Å². The van der Waals surface area contributed by atoms with Crippen LogP contribution in [0.25, 0.3) is 0 Å². The van der Waals surface area contributed by atoms with Crippen LogP contribution in [0.5, 0.6) is 5.75 Å². The fourth-order valence-electron chi connectivity index (χ4n) is 2.63. The highest BCUT2D eigenvalue weighted by Gasteiger charge is 2.36. The smallest absolute Gasteiger partial charge is 0.418 e. The third kappa shape index (κ3) is 3.78. The van der Waals surface area contributed by atoms with E-state index in [4.69, 9.17) is 10.5 Å². The van der Waals surface area contributed by atoms with E-state index in [0.29, 0.717) is 0 Å². The molecule has 1 aromatic heterocycles. The lowest BCUT2D eigenvalue weighted by Gasteiger charge is -2.31. The van der Waals surface area contributed by atoms with Crippen molar-refractivity contribution in [3.05, 3.63) is 42.0 Å². The maximum absolute atomic E-state index is 13.1. The van der Waals surface area contributed by atoms with Crippen LogP contribution in [0.2, 0.25) is 0 Å². The zero-order valence-corrected chi connectivity index (χ0v) is 14.1. The number of nitrogens with two attached hydrogens (primary N) is 1. The van der Waals surface area contributed by atoms with Gasteiger partial charge in [-0.05, 0) is 31.2 Å². The van der Waals surface area contributed by atoms with E-state index in [1.807, 2.05) is 0 Å². The molecule has 142 valence electrons. The molecule has 1 unspecified atom stereocenters. The second kappa shape index (κ2) is 6.78. The van der Waals surface area contributed by atoms with E-state index in [-0.39, 0.29) is 17.4 Å². The molecular weight excluding hydrogens is 365 g/mol. The summed E-state index contributed by atoms with van der Waals surface area (Å²) in [5.74, 6) is -0.978. The molecular formula is C17H15F3N4O3. The number of anilines is 3. The summed E-state index contributed by atoms with van der Waals surface area (Å²) in [4.78, 5) is 29.7. The number of carbonyl (C=O) groups is 2. The van der Waals surface area contributed by atoms with E-state index in [9.17, 15) is 22.8 Å². The minimum absolute atomic E-state index is 0.0392. The number of rotatable bonds is 3. The predicted octanol–water partition coefficient (Wildman–Crippen LogP) is 2.44. The molecule has 0 bridgehead atoms. The summed E-state index contributed by atoms with van der Waals surface area (Å²) >= 11 is 0. The lowest BCUT2D eigenvalue weighted by atomic mass is 10.1. The summed E-state index contributed by atoms with van der Waals surface area (Å²) in [6.07, 6.45) is -5.51. The van der Waals surface area contributed by atoms with Gasteiger partial charge in [-0.25, -0.2) is 4.98 Å². The van der Waals surface area contributed by atoms with Gasteiger partial charge in [0, 0.05) is 0 Å². The van der Waals surface area contributed by atoms with Crippen molar-refractivity contribution < 1.29 is 27.5 Å². The predicted molar refractivity (Wildman–Crippen MR) is 91.2 cm³/mol. The van der Waals surface area contributed by atoms with Crippen LogP contribution in [-0.4, -0.2) is 29.4 Å². The molecule has 7 nitrogen and oxygen atoms in total. The lowest BCUT2D eigenvalue weighted by molar-refractivity contribution is -0.137. The molecule has 3 N–H and O–H groups in total. The van der Waals surface area contributed by atoms with Crippen LogP contribution in [0.15, 0.2) is 36.4 Å². The van der Waals surface area contributed by atoms with E-state index in [2.05, 4.69) is 10.3 Å². The molecule has 0 saturated carbocycles. The molecule has 1 aliphatic rings. The van der Waals surface area contributed by atoms with Gasteiger partial charge in [0.1, 0.15) is 12.4 Å². The number of hydrogen-bond donors (Lipinski definition) is 2. The number of pyridine rings is 1. The van der Waals surface area contributed by atoms with Gasteiger partial charge in [0.15, 0.2) is 17.7 Å². The Balaban J connectivity index is 1.85. The first-order chi connectivity index (χ1) is 12.7. The number of nitrogen functional groups attached to an aromatic ring is 1. The molecule has 0 spiro atoms. The van der Waals surface area contributed by atoms with E-state index in [1.54, 1.807) is 0 Å². The number of halogens is 3. The third-order valence-electron chi connectivity index (χ3n) is 3.84. The largest absolute Gasteiger partial charge is 0.477 e. The van der Waals surface area contributed by atoms with Crippen molar-refractivity contribution in [1.82, 2.24) is 4.98 Å². The van der Waals surface area contributed by atoms with Gasteiger partial charge in [-0.2, -0.15) is 13.2 Å². The number of alkyl halides is 3. The van der Waals surface area contributed by atoms with Crippen molar-refractivity contribution in [3.63, 3.8) is 0 Å². The van der Waals surface area contributed by atoms with Crippen molar-refractivity contribution in [2.45, 2.75) is 19.2 Å². The van der Waals surface area contributed by atoms with E-state index < -0.39 is 41.9 Å². The second-order valence-corrected chi connectivity index (χ2v) is 5.83. The van der Waals surface area contributed by atoms with Crippen LogP contribution >= 0.6 is 0 Å². The Morgan fingerprint density at radius 2 is 2.00 bits per heavy atom. The molecule has 0 radical (unpaired) electrons. The average Bonchev–Trinajstić information content (AvgIpc) is 2.59. The van der Waals surface area contributed by atoms with Gasteiger partial charge in [-0.15, -0.1) is 0 Å². The fourth-order valence-corrected chi connectivity index (χ4v) is 2.63. The average molecular weight is 380 g/mol. The topological polar surface area (TPSA) is 97.6 Å². The van der Waals surface area contributed by atoms with Crippen LogP contribution in [0.4, 0.5) is 30.5 Å². The molecule has 0 saturated heterocycles. The van der Waals surface area contributed by atoms with E-state index in [1.165, 1.54) is 31.2 Å². The molecule has 2 aromatic rings. The molecule has 27 heavy (non-hydrogen) atoms. The normalized spacial score (nSPS) is 16.5. The SMILES string of the molecule is CC1Oc2ccc(N)nc2N(CC(=O)Nc2ccccc2C(F)(F)F)C1=O. The maximum atomic E-state index is 13.1. The van der Waals surface area contributed by atoms with Crippen LogP contribution in [0.3, 0.4) is 0 Å². The number of carbonyl (C=O) groups excluding carboxylic acids is 2. The Labute approximate surface area is 151 Å². The molecule has 1 aromatic carbocycles. The number of para-hydroxylation sites is 1. The first-order valence-corrected chi connectivity index (χ1v) is 7.87. The molecule has 2 heterocycles. The molecule has 2 amide bonds. The van der Waals surface area contributed by atoms with Crippen LogP contribution in [0.1, 0.15) is 12.5 Å². The van der Waals surface area contributed by atoms with Crippen molar-refractivity contribution in [1.29, 1.82) is 0 Å². The van der Waals surface area contributed by atoms with Crippen molar-refractivity contribution >= 4 is 29.1 Å². The molecule has 10 heteroatoms. The first-order valence-electron chi connectivity index (χ1n) is 7.87.